The molecule has 1 unspecified atom stereocenters. The molecule has 1 saturated carbocycles. The van der Waals surface area contributed by atoms with Crippen molar-refractivity contribution in [1.29, 1.82) is 0 Å². The fourth-order valence-corrected chi connectivity index (χ4v) is 2.98. The van der Waals surface area contributed by atoms with E-state index in [1.165, 1.54) is 6.07 Å². The van der Waals surface area contributed by atoms with E-state index in [1.54, 1.807) is 25.1 Å². The number of para-hydroxylation sites is 1. The van der Waals surface area contributed by atoms with Gasteiger partial charge in [-0.1, -0.05) is 24.6 Å². The number of hydrogen-bond donors (Lipinski definition) is 2. The second kappa shape index (κ2) is 9.03. The Morgan fingerprint density at radius 2 is 2.09 bits per heavy atom. The average Bonchev–Trinajstić information content (AvgIpc) is 2.84. The molecule has 2 rings (SSSR count). The van der Waals surface area contributed by atoms with Crippen molar-refractivity contribution >= 4 is 18.3 Å². The molecule has 4 nitrogen and oxygen atoms in total. The zero-order valence-corrected chi connectivity index (χ0v) is 13.8. The summed E-state index contributed by atoms with van der Waals surface area (Å²) in [6.45, 7) is -1.14. The van der Waals surface area contributed by atoms with E-state index in [-0.39, 0.29) is 36.0 Å². The number of halogens is 3. The molecular weight excluding hydrogens is 326 g/mol. The first-order chi connectivity index (χ1) is 10.5. The zero-order chi connectivity index (χ0) is 16.1. The van der Waals surface area contributed by atoms with Gasteiger partial charge in [0.1, 0.15) is 5.75 Å². The molecule has 23 heavy (non-hydrogen) atoms. The molecule has 1 aliphatic carbocycles. The summed E-state index contributed by atoms with van der Waals surface area (Å²) < 4.78 is 29.3. The van der Waals surface area contributed by atoms with Crippen LogP contribution in [0.1, 0.15) is 44.2 Å². The number of amides is 1. The van der Waals surface area contributed by atoms with Crippen molar-refractivity contribution in [3.05, 3.63) is 29.8 Å². The summed E-state index contributed by atoms with van der Waals surface area (Å²) in [7, 11) is 0. The normalized spacial score (nSPS) is 21.6. The molecule has 130 valence electrons. The van der Waals surface area contributed by atoms with Gasteiger partial charge in [0.2, 0.25) is 5.91 Å². The third kappa shape index (κ3) is 5.62. The third-order valence-electron chi connectivity index (χ3n) is 4.14. The van der Waals surface area contributed by atoms with Crippen LogP contribution in [0.5, 0.6) is 5.75 Å². The van der Waals surface area contributed by atoms with Crippen molar-refractivity contribution in [1.82, 2.24) is 5.32 Å². The number of nitrogens with one attached hydrogen (secondary N) is 1. The number of hydrogen-bond acceptors (Lipinski definition) is 3. The monoisotopic (exact) mass is 348 g/mol. The highest BCUT2D eigenvalue weighted by atomic mass is 35.5. The predicted molar refractivity (Wildman–Crippen MR) is 86.8 cm³/mol. The molecule has 7 heteroatoms. The SMILES string of the molecule is CC(NC(=O)C[C@@H]1CCC[C@H]1N)c1ccccc1OC(F)F.Cl. The van der Waals surface area contributed by atoms with E-state index in [1.807, 2.05) is 0 Å². The fourth-order valence-electron chi connectivity index (χ4n) is 2.98. The first-order valence-corrected chi connectivity index (χ1v) is 7.56. The van der Waals surface area contributed by atoms with Gasteiger partial charge in [0.15, 0.2) is 0 Å². The Bertz CT molecular complexity index is 517. The summed E-state index contributed by atoms with van der Waals surface area (Å²) in [5, 5.41) is 2.84. The van der Waals surface area contributed by atoms with Gasteiger partial charge in [0.25, 0.3) is 0 Å². The van der Waals surface area contributed by atoms with Gasteiger partial charge in [-0.25, -0.2) is 0 Å². The maximum absolute atomic E-state index is 12.4. The lowest BCUT2D eigenvalue weighted by Gasteiger charge is -2.20. The van der Waals surface area contributed by atoms with Gasteiger partial charge in [0.05, 0.1) is 6.04 Å². The van der Waals surface area contributed by atoms with Crippen LogP contribution >= 0.6 is 12.4 Å². The van der Waals surface area contributed by atoms with E-state index in [2.05, 4.69) is 10.1 Å². The molecule has 1 aromatic rings. The van der Waals surface area contributed by atoms with Crippen LogP contribution in [0.3, 0.4) is 0 Å². The van der Waals surface area contributed by atoms with Gasteiger partial charge in [0, 0.05) is 18.0 Å². The summed E-state index contributed by atoms with van der Waals surface area (Å²) >= 11 is 0. The maximum atomic E-state index is 12.4. The van der Waals surface area contributed by atoms with Gasteiger partial charge in [-0.3, -0.25) is 4.79 Å². The van der Waals surface area contributed by atoms with Gasteiger partial charge < -0.3 is 15.8 Å². The topological polar surface area (TPSA) is 64.4 Å². The summed E-state index contributed by atoms with van der Waals surface area (Å²) in [5.74, 6) is 0.185. The van der Waals surface area contributed by atoms with Crippen LogP contribution in [0, 0.1) is 5.92 Å². The summed E-state index contributed by atoms with van der Waals surface area (Å²) in [5.41, 5.74) is 6.50. The highest BCUT2D eigenvalue weighted by Crippen LogP contribution is 2.29. The number of rotatable bonds is 6. The smallest absolute Gasteiger partial charge is 0.387 e. The van der Waals surface area contributed by atoms with Gasteiger partial charge in [-0.2, -0.15) is 8.78 Å². The Hall–Kier alpha value is -1.40. The summed E-state index contributed by atoms with van der Waals surface area (Å²) in [6.07, 6.45) is 3.36. The van der Waals surface area contributed by atoms with Gasteiger partial charge in [-0.05, 0) is 31.7 Å². The summed E-state index contributed by atoms with van der Waals surface area (Å²) in [6, 6.07) is 6.16. The molecule has 3 N–H and O–H groups in total. The van der Waals surface area contributed by atoms with E-state index in [4.69, 9.17) is 5.73 Å². The molecule has 1 amide bonds. The van der Waals surface area contributed by atoms with Crippen LogP contribution in [-0.2, 0) is 4.79 Å². The first kappa shape index (κ1) is 19.6. The van der Waals surface area contributed by atoms with Crippen LogP contribution in [0.15, 0.2) is 24.3 Å². The lowest BCUT2D eigenvalue weighted by atomic mass is 9.99. The van der Waals surface area contributed by atoms with Crippen molar-refractivity contribution < 1.29 is 18.3 Å². The number of nitrogens with two attached hydrogens (primary N) is 1. The Balaban J connectivity index is 0.00000264. The van der Waals surface area contributed by atoms with E-state index in [0.717, 1.165) is 19.3 Å². The molecular formula is C16H23ClF2N2O2. The molecule has 0 radical (unpaired) electrons. The van der Waals surface area contributed by atoms with Crippen molar-refractivity contribution in [3.8, 4) is 5.75 Å². The fraction of sp³-hybridized carbons (Fsp3) is 0.562. The molecule has 0 aromatic heterocycles. The first-order valence-electron chi connectivity index (χ1n) is 7.56. The minimum absolute atomic E-state index is 0. The molecule has 3 atom stereocenters. The zero-order valence-electron chi connectivity index (χ0n) is 13.0. The second-order valence-corrected chi connectivity index (χ2v) is 5.76. The van der Waals surface area contributed by atoms with Crippen LogP contribution in [0.4, 0.5) is 8.78 Å². The standard InChI is InChI=1S/C16H22F2N2O2.ClH/c1-10(12-6-2-3-8-14(12)22-16(17)18)20-15(21)9-11-5-4-7-13(11)19;/h2-3,6,8,10-11,13,16H,4-5,7,9,19H2,1H3,(H,20,21);1H/t10?,11-,13+;/m0./s1. The van der Waals surface area contributed by atoms with Crippen LogP contribution < -0.4 is 15.8 Å². The van der Waals surface area contributed by atoms with Crippen LogP contribution in [0.25, 0.3) is 0 Å². The third-order valence-corrected chi connectivity index (χ3v) is 4.14. The largest absolute Gasteiger partial charge is 0.434 e. The molecule has 0 aliphatic heterocycles. The van der Waals surface area contributed by atoms with Crippen LogP contribution in [-0.4, -0.2) is 18.6 Å². The quantitative estimate of drug-likeness (QED) is 0.828. The minimum atomic E-state index is -2.89. The Kier molecular flexibility index (Phi) is 7.72. The molecule has 1 fully saturated rings. The van der Waals surface area contributed by atoms with E-state index in [0.29, 0.717) is 12.0 Å². The highest BCUT2D eigenvalue weighted by Gasteiger charge is 2.26. The van der Waals surface area contributed by atoms with Crippen molar-refractivity contribution in [2.45, 2.75) is 51.3 Å². The Labute approximate surface area is 141 Å². The van der Waals surface area contributed by atoms with Gasteiger partial charge >= 0.3 is 6.61 Å². The Morgan fingerprint density at radius 3 is 2.70 bits per heavy atom. The molecule has 1 aromatic carbocycles. The molecule has 0 saturated heterocycles. The number of alkyl halides is 2. The number of carbonyl (C=O) groups excluding carboxylic acids is 1. The van der Waals surface area contributed by atoms with E-state index < -0.39 is 12.7 Å². The minimum Gasteiger partial charge on any atom is -0.434 e. The molecule has 1 aliphatic rings. The van der Waals surface area contributed by atoms with Gasteiger partial charge in [-0.15, -0.1) is 12.4 Å². The second-order valence-electron chi connectivity index (χ2n) is 5.76. The maximum Gasteiger partial charge on any atom is 0.387 e. The average molecular weight is 349 g/mol. The number of benzene rings is 1. The lowest BCUT2D eigenvalue weighted by molar-refractivity contribution is -0.122. The van der Waals surface area contributed by atoms with Crippen molar-refractivity contribution in [2.75, 3.05) is 0 Å². The number of carbonyl (C=O) groups is 1. The number of ether oxygens (including phenoxy) is 1. The Morgan fingerprint density at radius 1 is 1.39 bits per heavy atom. The molecule has 0 heterocycles. The van der Waals surface area contributed by atoms with Crippen LogP contribution in [0.2, 0.25) is 0 Å². The van der Waals surface area contributed by atoms with E-state index in [9.17, 15) is 13.6 Å². The molecule has 0 spiro atoms. The predicted octanol–water partition coefficient (Wildman–Crippen LogP) is 3.40. The summed E-state index contributed by atoms with van der Waals surface area (Å²) in [4.78, 5) is 12.1. The molecule has 0 bridgehead atoms. The van der Waals surface area contributed by atoms with Crippen molar-refractivity contribution in [2.24, 2.45) is 11.7 Å². The van der Waals surface area contributed by atoms with E-state index >= 15 is 0 Å². The lowest BCUT2D eigenvalue weighted by Crippen LogP contribution is -2.33. The highest BCUT2D eigenvalue weighted by molar-refractivity contribution is 5.85. The van der Waals surface area contributed by atoms with Crippen molar-refractivity contribution in [3.63, 3.8) is 0 Å².